The van der Waals surface area contributed by atoms with E-state index in [9.17, 15) is 13.6 Å². The van der Waals surface area contributed by atoms with Crippen molar-refractivity contribution in [2.45, 2.75) is 31.6 Å². The Morgan fingerprint density at radius 1 is 1.06 bits per heavy atom. The van der Waals surface area contributed by atoms with Crippen molar-refractivity contribution in [1.82, 2.24) is 9.88 Å². The number of hydrogen-bond donors (Lipinski definition) is 1. The van der Waals surface area contributed by atoms with E-state index in [0.717, 1.165) is 55.2 Å². The average molecular weight is 436 g/mol. The summed E-state index contributed by atoms with van der Waals surface area (Å²) in [5, 5.41) is 3.89. The standard InChI is InChI=1S/C26H27F2N3O/c1-31-15-23(25(32)30-20-5-2-18(27)3-6-20)26(16-31)11-8-17(9-12-26)21-10-13-29-24-7-4-19(28)14-22(21)24/h2-7,10,13-14,17,23H,8-9,11-12,15-16H2,1H3,(H,30,32). The van der Waals surface area contributed by atoms with Gasteiger partial charge in [-0.05, 0) is 98.2 Å². The number of nitrogens with one attached hydrogen (secondary N) is 1. The number of amides is 1. The number of benzene rings is 2. The number of hydrogen-bond acceptors (Lipinski definition) is 3. The maximum absolute atomic E-state index is 13.9. The van der Waals surface area contributed by atoms with E-state index in [4.69, 9.17) is 0 Å². The van der Waals surface area contributed by atoms with Gasteiger partial charge in [0, 0.05) is 30.4 Å². The van der Waals surface area contributed by atoms with Gasteiger partial charge in [-0.25, -0.2) is 8.78 Å². The van der Waals surface area contributed by atoms with Gasteiger partial charge in [0.05, 0.1) is 11.4 Å². The molecular formula is C26H27F2N3O. The monoisotopic (exact) mass is 435 g/mol. The number of nitrogens with zero attached hydrogens (tertiary/aromatic N) is 2. The van der Waals surface area contributed by atoms with Crippen LogP contribution in [0.15, 0.2) is 54.7 Å². The van der Waals surface area contributed by atoms with Crippen molar-refractivity contribution in [2.75, 3.05) is 25.5 Å². The maximum Gasteiger partial charge on any atom is 0.229 e. The lowest BCUT2D eigenvalue weighted by molar-refractivity contribution is -0.123. The number of carbonyl (C=O) groups is 1. The molecule has 1 amide bonds. The van der Waals surface area contributed by atoms with Crippen LogP contribution in [0.3, 0.4) is 0 Å². The quantitative estimate of drug-likeness (QED) is 0.603. The molecule has 6 heteroatoms. The number of halogens is 2. The lowest BCUT2D eigenvalue weighted by atomic mass is 9.63. The van der Waals surface area contributed by atoms with Crippen LogP contribution < -0.4 is 5.32 Å². The first kappa shape index (κ1) is 21.0. The molecule has 1 aromatic heterocycles. The van der Waals surface area contributed by atoms with E-state index in [1.165, 1.54) is 18.2 Å². The molecule has 2 heterocycles. The third-order valence-electron chi connectivity index (χ3n) is 7.41. The zero-order chi connectivity index (χ0) is 22.3. The van der Waals surface area contributed by atoms with Crippen molar-refractivity contribution in [3.8, 4) is 0 Å². The third kappa shape index (κ3) is 3.88. The highest BCUT2D eigenvalue weighted by Gasteiger charge is 2.50. The first-order valence-electron chi connectivity index (χ1n) is 11.2. The van der Waals surface area contributed by atoms with Gasteiger partial charge in [0.1, 0.15) is 11.6 Å². The van der Waals surface area contributed by atoms with Crippen LogP contribution in [0, 0.1) is 23.0 Å². The molecule has 2 aromatic carbocycles. The highest BCUT2D eigenvalue weighted by Crippen LogP contribution is 2.51. The van der Waals surface area contributed by atoms with Gasteiger partial charge in [-0.15, -0.1) is 0 Å². The first-order chi connectivity index (χ1) is 15.4. The van der Waals surface area contributed by atoms with Crippen LogP contribution in [-0.2, 0) is 4.79 Å². The van der Waals surface area contributed by atoms with Gasteiger partial charge in [0.2, 0.25) is 5.91 Å². The fourth-order valence-electron chi connectivity index (χ4n) is 5.85. The molecule has 1 saturated heterocycles. The number of carbonyl (C=O) groups excluding carboxylic acids is 1. The smallest absolute Gasteiger partial charge is 0.229 e. The molecule has 5 rings (SSSR count). The summed E-state index contributed by atoms with van der Waals surface area (Å²) in [6, 6.07) is 12.7. The number of likely N-dealkylation sites (tertiary alicyclic amines) is 1. The molecule has 1 atom stereocenters. The van der Waals surface area contributed by atoms with Crippen LogP contribution in [0.4, 0.5) is 14.5 Å². The van der Waals surface area contributed by atoms with Crippen LogP contribution >= 0.6 is 0 Å². The number of fused-ring (bicyclic) bond motifs is 1. The van der Waals surface area contributed by atoms with Crippen LogP contribution in [0.2, 0.25) is 0 Å². The summed E-state index contributed by atoms with van der Waals surface area (Å²) in [6.45, 7) is 1.62. The molecule has 166 valence electrons. The van der Waals surface area contributed by atoms with Crippen LogP contribution in [-0.4, -0.2) is 35.9 Å². The van der Waals surface area contributed by atoms with Gasteiger partial charge in [-0.3, -0.25) is 9.78 Å². The van der Waals surface area contributed by atoms with Crippen LogP contribution in [0.5, 0.6) is 0 Å². The van der Waals surface area contributed by atoms with Gasteiger partial charge < -0.3 is 10.2 Å². The summed E-state index contributed by atoms with van der Waals surface area (Å²) < 4.78 is 27.1. The Hall–Kier alpha value is -2.86. The molecule has 1 spiro atoms. The van der Waals surface area contributed by atoms with Crippen molar-refractivity contribution in [1.29, 1.82) is 0 Å². The minimum Gasteiger partial charge on any atom is -0.326 e. The Kier molecular flexibility index (Phi) is 5.41. The molecule has 2 aliphatic rings. The Balaban J connectivity index is 1.34. The molecule has 1 N–H and O–H groups in total. The molecule has 0 bridgehead atoms. The highest BCUT2D eigenvalue weighted by atomic mass is 19.1. The fraction of sp³-hybridized carbons (Fsp3) is 0.385. The summed E-state index contributed by atoms with van der Waals surface area (Å²) in [4.78, 5) is 19.8. The predicted octanol–water partition coefficient (Wildman–Crippen LogP) is 5.36. The molecule has 1 saturated carbocycles. The number of anilines is 1. The van der Waals surface area contributed by atoms with E-state index in [0.29, 0.717) is 11.6 Å². The minimum atomic E-state index is -0.318. The summed E-state index contributed by atoms with van der Waals surface area (Å²) in [6.07, 6.45) is 5.63. The van der Waals surface area contributed by atoms with E-state index in [1.54, 1.807) is 24.3 Å². The van der Waals surface area contributed by atoms with Crippen molar-refractivity contribution < 1.29 is 13.6 Å². The van der Waals surface area contributed by atoms with Gasteiger partial charge in [0.15, 0.2) is 0 Å². The minimum absolute atomic E-state index is 0.0100. The second-order valence-electron chi connectivity index (χ2n) is 9.44. The average Bonchev–Trinajstić information content (AvgIpc) is 3.11. The molecule has 1 aliphatic heterocycles. The van der Waals surface area contributed by atoms with Crippen molar-refractivity contribution in [2.24, 2.45) is 11.3 Å². The van der Waals surface area contributed by atoms with Gasteiger partial charge in [-0.1, -0.05) is 0 Å². The summed E-state index contributed by atoms with van der Waals surface area (Å²) >= 11 is 0. The second-order valence-corrected chi connectivity index (χ2v) is 9.44. The van der Waals surface area contributed by atoms with Crippen molar-refractivity contribution >= 4 is 22.5 Å². The van der Waals surface area contributed by atoms with E-state index in [1.807, 2.05) is 12.3 Å². The van der Waals surface area contributed by atoms with Crippen molar-refractivity contribution in [3.05, 3.63) is 71.9 Å². The molecular weight excluding hydrogens is 408 g/mol. The van der Waals surface area contributed by atoms with Gasteiger partial charge in [-0.2, -0.15) is 0 Å². The zero-order valence-electron chi connectivity index (χ0n) is 18.2. The summed E-state index contributed by atoms with van der Waals surface area (Å²) in [5.41, 5.74) is 2.54. The SMILES string of the molecule is CN1CC(C(=O)Nc2ccc(F)cc2)C2(CCC(c3ccnc4ccc(F)cc34)CC2)C1. The zero-order valence-corrected chi connectivity index (χ0v) is 18.2. The number of aromatic nitrogens is 1. The Morgan fingerprint density at radius 2 is 1.78 bits per heavy atom. The number of rotatable bonds is 3. The Bertz CT molecular complexity index is 1140. The van der Waals surface area contributed by atoms with Gasteiger partial charge >= 0.3 is 0 Å². The highest BCUT2D eigenvalue weighted by molar-refractivity contribution is 5.93. The molecule has 1 aliphatic carbocycles. The molecule has 32 heavy (non-hydrogen) atoms. The summed E-state index contributed by atoms with van der Waals surface area (Å²) in [5.74, 6) is -0.323. The maximum atomic E-state index is 13.9. The first-order valence-corrected chi connectivity index (χ1v) is 11.2. The van der Waals surface area contributed by atoms with E-state index < -0.39 is 0 Å². The normalized spacial score (nSPS) is 26.0. The lowest BCUT2D eigenvalue weighted by Crippen LogP contribution is -2.40. The van der Waals surface area contributed by atoms with E-state index in [-0.39, 0.29) is 28.9 Å². The number of pyridine rings is 1. The predicted molar refractivity (Wildman–Crippen MR) is 121 cm³/mol. The van der Waals surface area contributed by atoms with Crippen LogP contribution in [0.25, 0.3) is 10.9 Å². The Labute approximate surface area is 186 Å². The van der Waals surface area contributed by atoms with E-state index >= 15 is 0 Å². The Morgan fingerprint density at radius 3 is 2.53 bits per heavy atom. The third-order valence-corrected chi connectivity index (χ3v) is 7.41. The van der Waals surface area contributed by atoms with Crippen LogP contribution in [0.1, 0.15) is 37.2 Å². The molecule has 1 unspecified atom stereocenters. The fourth-order valence-corrected chi connectivity index (χ4v) is 5.85. The topological polar surface area (TPSA) is 45.2 Å². The van der Waals surface area contributed by atoms with Crippen molar-refractivity contribution in [3.63, 3.8) is 0 Å². The second kappa shape index (κ2) is 8.24. The summed E-state index contributed by atoms with van der Waals surface area (Å²) in [7, 11) is 2.07. The lowest BCUT2D eigenvalue weighted by Gasteiger charge is -2.41. The van der Waals surface area contributed by atoms with E-state index in [2.05, 4.69) is 22.2 Å². The largest absolute Gasteiger partial charge is 0.326 e. The molecule has 2 fully saturated rings. The molecule has 3 aromatic rings. The molecule has 4 nitrogen and oxygen atoms in total. The molecule has 0 radical (unpaired) electrons. The van der Waals surface area contributed by atoms with Gasteiger partial charge in [0.25, 0.3) is 0 Å².